The molecule has 2 rings (SSSR count). The van der Waals surface area contributed by atoms with E-state index >= 15 is 0 Å². The lowest BCUT2D eigenvalue weighted by Gasteiger charge is -2.06. The van der Waals surface area contributed by atoms with E-state index in [9.17, 15) is 4.79 Å². The minimum atomic E-state index is -0.153. The van der Waals surface area contributed by atoms with Gasteiger partial charge in [0.25, 0.3) is 0 Å². The Morgan fingerprint density at radius 2 is 2.13 bits per heavy atom. The van der Waals surface area contributed by atoms with Crippen LogP contribution in [0.4, 0.5) is 5.69 Å². The first kappa shape index (κ1) is 9.67. The highest BCUT2D eigenvalue weighted by atomic mass is 32.1. The third kappa shape index (κ3) is 1.97. The maximum absolute atomic E-state index is 11.2. The Morgan fingerprint density at radius 3 is 2.87 bits per heavy atom. The average Bonchev–Trinajstić information content (AvgIpc) is 2.18. The quantitative estimate of drug-likeness (QED) is 0.630. The minimum absolute atomic E-state index is 0.153. The van der Waals surface area contributed by atoms with Crippen molar-refractivity contribution in [3.05, 3.63) is 40.7 Å². The molecule has 0 fully saturated rings. The summed E-state index contributed by atoms with van der Waals surface area (Å²) in [6.07, 6.45) is 0. The molecule has 76 valence electrons. The van der Waals surface area contributed by atoms with Crippen LogP contribution in [0.15, 0.2) is 35.1 Å². The fourth-order valence-electron chi connectivity index (χ4n) is 1.42. The molecule has 1 aromatic heterocycles. The summed E-state index contributed by atoms with van der Waals surface area (Å²) in [4.78, 5) is 13.9. The smallest absolute Gasteiger partial charge is 0.248 e. The maximum atomic E-state index is 11.2. The highest BCUT2D eigenvalue weighted by molar-refractivity contribution is 7.80. The van der Waals surface area contributed by atoms with Crippen molar-refractivity contribution < 1.29 is 0 Å². The number of aromatic amines is 1. The van der Waals surface area contributed by atoms with Crippen LogP contribution in [-0.4, -0.2) is 10.1 Å². The lowest BCUT2D eigenvalue weighted by Crippen LogP contribution is -2.19. The number of hydrogen-bond donors (Lipinski definition) is 3. The zero-order valence-electron chi connectivity index (χ0n) is 7.78. The van der Waals surface area contributed by atoms with Gasteiger partial charge in [-0.15, -0.1) is 0 Å². The van der Waals surface area contributed by atoms with Crippen LogP contribution in [0.3, 0.4) is 0 Å². The summed E-state index contributed by atoms with van der Waals surface area (Å²) in [7, 11) is 0. The van der Waals surface area contributed by atoms with Crippen LogP contribution in [0, 0.1) is 0 Å². The first-order valence-electron chi connectivity index (χ1n) is 4.35. The molecule has 4 N–H and O–H groups in total. The summed E-state index contributed by atoms with van der Waals surface area (Å²) >= 11 is 4.75. The van der Waals surface area contributed by atoms with Gasteiger partial charge in [-0.05, 0) is 24.4 Å². The number of nitrogens with one attached hydrogen (secondary N) is 2. The van der Waals surface area contributed by atoms with Crippen LogP contribution in [0.1, 0.15) is 0 Å². The van der Waals surface area contributed by atoms with Crippen LogP contribution in [0.25, 0.3) is 10.9 Å². The van der Waals surface area contributed by atoms with Gasteiger partial charge in [-0.2, -0.15) is 0 Å². The van der Waals surface area contributed by atoms with Gasteiger partial charge in [0.1, 0.15) is 0 Å². The van der Waals surface area contributed by atoms with Crippen LogP contribution in [-0.2, 0) is 0 Å². The molecule has 0 unspecified atom stereocenters. The molecule has 15 heavy (non-hydrogen) atoms. The van der Waals surface area contributed by atoms with Gasteiger partial charge in [0.2, 0.25) is 5.56 Å². The number of benzene rings is 1. The molecule has 0 atom stereocenters. The Morgan fingerprint density at radius 1 is 1.33 bits per heavy atom. The number of H-pyrrole nitrogens is 1. The number of anilines is 1. The van der Waals surface area contributed by atoms with Crippen molar-refractivity contribution in [2.24, 2.45) is 5.73 Å². The lowest BCUT2D eigenvalue weighted by molar-refractivity contribution is 1.31. The van der Waals surface area contributed by atoms with Crippen molar-refractivity contribution in [3.8, 4) is 0 Å². The highest BCUT2D eigenvalue weighted by Crippen LogP contribution is 2.19. The number of fused-ring (bicyclic) bond motifs is 1. The van der Waals surface area contributed by atoms with Gasteiger partial charge >= 0.3 is 0 Å². The first-order chi connectivity index (χ1) is 7.16. The third-order valence-electron chi connectivity index (χ3n) is 2.02. The molecule has 0 saturated carbocycles. The molecule has 0 radical (unpaired) electrons. The average molecular weight is 219 g/mol. The molecule has 2 aromatic rings. The molecule has 0 saturated heterocycles. The summed E-state index contributed by atoms with van der Waals surface area (Å²) in [6, 6.07) is 8.79. The number of aromatic nitrogens is 1. The summed E-state index contributed by atoms with van der Waals surface area (Å²) in [5, 5.41) is 3.91. The van der Waals surface area contributed by atoms with Gasteiger partial charge in [-0.1, -0.05) is 12.1 Å². The van der Waals surface area contributed by atoms with Crippen LogP contribution in [0.5, 0.6) is 0 Å². The van der Waals surface area contributed by atoms with E-state index in [-0.39, 0.29) is 10.7 Å². The monoisotopic (exact) mass is 219 g/mol. The zero-order valence-corrected chi connectivity index (χ0v) is 8.60. The minimum Gasteiger partial charge on any atom is -0.376 e. The molecule has 0 aliphatic carbocycles. The largest absolute Gasteiger partial charge is 0.376 e. The Balaban J connectivity index is 2.68. The van der Waals surface area contributed by atoms with E-state index < -0.39 is 0 Å². The van der Waals surface area contributed by atoms with Gasteiger partial charge in [0, 0.05) is 11.5 Å². The van der Waals surface area contributed by atoms with Gasteiger partial charge in [-0.3, -0.25) is 4.79 Å². The van der Waals surface area contributed by atoms with Gasteiger partial charge < -0.3 is 16.0 Å². The second kappa shape index (κ2) is 3.70. The molecule has 5 heteroatoms. The van der Waals surface area contributed by atoms with Crippen molar-refractivity contribution in [3.63, 3.8) is 0 Å². The number of pyridine rings is 1. The number of hydrogen-bond acceptors (Lipinski definition) is 2. The number of nitrogens with two attached hydrogens (primary N) is 1. The molecule has 0 spiro atoms. The van der Waals surface area contributed by atoms with Crippen molar-refractivity contribution in [2.75, 3.05) is 5.32 Å². The standard InChI is InChI=1S/C10H9N3OS/c11-10(15)12-7-3-1-2-6-4-5-8(14)13-9(6)7/h1-5H,(H,13,14)(H3,11,12,15). The lowest BCUT2D eigenvalue weighted by atomic mass is 10.2. The summed E-state index contributed by atoms with van der Waals surface area (Å²) in [5.41, 5.74) is 6.64. The Labute approximate surface area is 91.1 Å². The van der Waals surface area contributed by atoms with Crippen molar-refractivity contribution in [1.82, 2.24) is 4.98 Å². The van der Waals surface area contributed by atoms with Crippen LogP contribution >= 0.6 is 12.2 Å². The number of para-hydroxylation sites is 1. The first-order valence-corrected chi connectivity index (χ1v) is 4.76. The Bertz CT molecular complexity index is 576. The second-order valence-corrected chi connectivity index (χ2v) is 3.52. The SMILES string of the molecule is NC(=S)Nc1cccc2ccc(=O)[nH]c12. The predicted molar refractivity (Wildman–Crippen MR) is 65.0 cm³/mol. The normalized spacial score (nSPS) is 10.1. The third-order valence-corrected chi connectivity index (χ3v) is 2.12. The van der Waals surface area contributed by atoms with Gasteiger partial charge in [-0.25, -0.2) is 0 Å². The van der Waals surface area contributed by atoms with E-state index in [1.54, 1.807) is 12.1 Å². The topological polar surface area (TPSA) is 70.9 Å². The molecule has 1 heterocycles. The molecule has 0 aliphatic rings. The van der Waals surface area contributed by atoms with Crippen molar-refractivity contribution >= 4 is 33.9 Å². The molecule has 1 aromatic carbocycles. The second-order valence-electron chi connectivity index (χ2n) is 3.08. The Kier molecular flexibility index (Phi) is 2.39. The molecular formula is C10H9N3OS. The van der Waals surface area contributed by atoms with Crippen molar-refractivity contribution in [2.45, 2.75) is 0 Å². The fourth-order valence-corrected chi connectivity index (χ4v) is 1.53. The molecule has 0 bridgehead atoms. The van der Waals surface area contributed by atoms with E-state index in [1.165, 1.54) is 6.07 Å². The summed E-state index contributed by atoms with van der Waals surface area (Å²) < 4.78 is 0. The number of rotatable bonds is 1. The van der Waals surface area contributed by atoms with E-state index in [0.717, 1.165) is 5.39 Å². The molecule has 4 nitrogen and oxygen atoms in total. The van der Waals surface area contributed by atoms with E-state index in [2.05, 4.69) is 10.3 Å². The summed E-state index contributed by atoms with van der Waals surface area (Å²) in [6.45, 7) is 0. The summed E-state index contributed by atoms with van der Waals surface area (Å²) in [5.74, 6) is 0. The van der Waals surface area contributed by atoms with E-state index in [1.807, 2.05) is 12.1 Å². The molecule has 0 amide bonds. The molecule has 0 aliphatic heterocycles. The predicted octanol–water partition coefficient (Wildman–Crippen LogP) is 1.18. The van der Waals surface area contributed by atoms with Crippen LogP contribution in [0.2, 0.25) is 0 Å². The number of thiocarbonyl (C=S) groups is 1. The highest BCUT2D eigenvalue weighted by Gasteiger charge is 2.01. The molecular weight excluding hydrogens is 210 g/mol. The van der Waals surface area contributed by atoms with Crippen molar-refractivity contribution in [1.29, 1.82) is 0 Å². The van der Waals surface area contributed by atoms with Crippen LogP contribution < -0.4 is 16.6 Å². The Hall–Kier alpha value is -1.88. The maximum Gasteiger partial charge on any atom is 0.248 e. The van der Waals surface area contributed by atoms with E-state index in [0.29, 0.717) is 11.2 Å². The van der Waals surface area contributed by atoms with E-state index in [4.69, 9.17) is 18.0 Å². The van der Waals surface area contributed by atoms with Gasteiger partial charge in [0.15, 0.2) is 5.11 Å². The zero-order chi connectivity index (χ0) is 10.8. The van der Waals surface area contributed by atoms with Gasteiger partial charge in [0.05, 0.1) is 11.2 Å². The fraction of sp³-hybridized carbons (Fsp3) is 0.